The lowest BCUT2D eigenvalue weighted by Gasteiger charge is -2.14. The molecule has 1 saturated heterocycles. The molecule has 138 valence electrons. The molecule has 0 aliphatic carbocycles. The van der Waals surface area contributed by atoms with E-state index in [4.69, 9.17) is 9.47 Å². The van der Waals surface area contributed by atoms with Gasteiger partial charge in [0.15, 0.2) is 6.61 Å². The largest absolute Gasteiger partial charge is 0.454 e. The third-order valence-corrected chi connectivity index (χ3v) is 4.87. The quantitative estimate of drug-likeness (QED) is 0.586. The molecule has 1 fully saturated rings. The number of esters is 1. The number of ether oxygens (including phenoxy) is 2. The summed E-state index contributed by atoms with van der Waals surface area (Å²) in [5.41, 5.74) is 3.96. The Morgan fingerprint density at radius 3 is 2.73 bits per heavy atom. The Kier molecular flexibility index (Phi) is 5.57. The number of carbonyl (C=O) groups is 2. The van der Waals surface area contributed by atoms with Crippen LogP contribution in [-0.2, 0) is 16.0 Å². The monoisotopic (exact) mass is 355 g/mol. The molecule has 0 N–H and O–H groups in total. The predicted molar refractivity (Wildman–Crippen MR) is 98.7 cm³/mol. The smallest absolute Gasteiger partial charge is 0.338 e. The maximum Gasteiger partial charge on any atom is 0.338 e. The van der Waals surface area contributed by atoms with Crippen LogP contribution in [0.1, 0.15) is 50.5 Å². The summed E-state index contributed by atoms with van der Waals surface area (Å²) >= 11 is 0. The molecular weight excluding hydrogens is 330 g/mol. The van der Waals surface area contributed by atoms with Crippen molar-refractivity contribution in [2.45, 2.75) is 46.3 Å². The molecule has 0 bridgehead atoms. The van der Waals surface area contributed by atoms with Crippen molar-refractivity contribution in [3.63, 3.8) is 0 Å². The molecule has 5 nitrogen and oxygen atoms in total. The average molecular weight is 355 g/mol. The molecule has 5 heteroatoms. The number of ketones is 1. The lowest BCUT2D eigenvalue weighted by atomic mass is 10.1. The second-order valence-electron chi connectivity index (χ2n) is 6.90. The van der Waals surface area contributed by atoms with Crippen LogP contribution in [0.3, 0.4) is 0 Å². The van der Waals surface area contributed by atoms with Crippen LogP contribution in [0.4, 0.5) is 0 Å². The number of Topliss-reactive ketones (excluding diaryl/α,β-unsaturated/α-hetero) is 1. The van der Waals surface area contributed by atoms with Gasteiger partial charge in [0.05, 0.1) is 11.7 Å². The van der Waals surface area contributed by atoms with Crippen molar-refractivity contribution < 1.29 is 19.1 Å². The van der Waals surface area contributed by atoms with E-state index >= 15 is 0 Å². The molecule has 0 radical (unpaired) electrons. The van der Waals surface area contributed by atoms with Gasteiger partial charge in [-0.1, -0.05) is 17.7 Å². The van der Waals surface area contributed by atoms with Gasteiger partial charge >= 0.3 is 5.97 Å². The van der Waals surface area contributed by atoms with E-state index in [1.807, 2.05) is 32.9 Å². The highest BCUT2D eigenvalue weighted by Gasteiger charge is 2.21. The number of hydrogen-bond acceptors (Lipinski definition) is 4. The van der Waals surface area contributed by atoms with Gasteiger partial charge in [-0.2, -0.15) is 0 Å². The molecule has 1 aliphatic heterocycles. The fraction of sp³-hybridized carbons (Fsp3) is 0.429. The number of aryl methyl sites for hydroxylation is 2. The molecular formula is C21H25NO4. The molecule has 1 aromatic carbocycles. The number of carbonyl (C=O) groups excluding carboxylic acids is 2. The van der Waals surface area contributed by atoms with Crippen LogP contribution in [0, 0.1) is 20.8 Å². The Hall–Kier alpha value is -2.40. The Morgan fingerprint density at radius 1 is 1.23 bits per heavy atom. The minimum atomic E-state index is -0.477. The number of aromatic nitrogens is 1. The summed E-state index contributed by atoms with van der Waals surface area (Å²) in [6, 6.07) is 9.01. The summed E-state index contributed by atoms with van der Waals surface area (Å²) in [5, 5.41) is 0. The minimum absolute atomic E-state index is 0.183. The molecule has 0 amide bonds. The van der Waals surface area contributed by atoms with Crippen LogP contribution >= 0.6 is 0 Å². The van der Waals surface area contributed by atoms with Crippen LogP contribution in [0.15, 0.2) is 30.3 Å². The second kappa shape index (κ2) is 7.87. The third-order valence-electron chi connectivity index (χ3n) is 4.87. The summed E-state index contributed by atoms with van der Waals surface area (Å²) in [5.74, 6) is -0.659. The van der Waals surface area contributed by atoms with Gasteiger partial charge in [-0.15, -0.1) is 0 Å². The van der Waals surface area contributed by atoms with E-state index in [1.54, 1.807) is 18.2 Å². The van der Waals surface area contributed by atoms with E-state index in [-0.39, 0.29) is 18.5 Å². The van der Waals surface area contributed by atoms with Crippen molar-refractivity contribution in [3.05, 3.63) is 58.4 Å². The van der Waals surface area contributed by atoms with E-state index < -0.39 is 5.97 Å². The molecule has 0 saturated carbocycles. The van der Waals surface area contributed by atoms with E-state index in [1.165, 1.54) is 0 Å². The second-order valence-corrected chi connectivity index (χ2v) is 6.90. The first-order valence-corrected chi connectivity index (χ1v) is 9.01. The van der Waals surface area contributed by atoms with Crippen molar-refractivity contribution in [1.82, 2.24) is 4.57 Å². The highest BCUT2D eigenvalue weighted by atomic mass is 16.5. The topological polar surface area (TPSA) is 57.5 Å². The van der Waals surface area contributed by atoms with E-state index in [2.05, 4.69) is 4.57 Å². The molecule has 2 aromatic rings. The molecule has 1 aliphatic rings. The van der Waals surface area contributed by atoms with Crippen molar-refractivity contribution in [2.24, 2.45) is 0 Å². The normalized spacial score (nSPS) is 16.7. The maximum atomic E-state index is 12.5. The zero-order valence-corrected chi connectivity index (χ0v) is 15.6. The zero-order valence-electron chi connectivity index (χ0n) is 15.6. The van der Waals surface area contributed by atoms with Crippen LogP contribution in [-0.4, -0.2) is 35.6 Å². The standard InChI is InChI=1S/C21H25NO4/c1-14-6-4-7-17(10-14)21(24)26-13-20(23)19-11-15(2)22(16(19)3)12-18-8-5-9-25-18/h4,6-7,10-11,18H,5,8-9,12-13H2,1-3H3/t18-/m1/s1. The fourth-order valence-electron chi connectivity index (χ4n) is 3.42. The summed E-state index contributed by atoms with van der Waals surface area (Å²) < 4.78 is 13.0. The van der Waals surface area contributed by atoms with Crippen molar-refractivity contribution in [3.8, 4) is 0 Å². The number of rotatable bonds is 6. The first-order chi connectivity index (χ1) is 12.5. The molecule has 2 heterocycles. The Labute approximate surface area is 153 Å². The Balaban J connectivity index is 1.65. The van der Waals surface area contributed by atoms with Crippen molar-refractivity contribution in [1.29, 1.82) is 0 Å². The third kappa shape index (κ3) is 4.05. The summed E-state index contributed by atoms with van der Waals surface area (Å²) in [7, 11) is 0. The first-order valence-electron chi connectivity index (χ1n) is 9.01. The van der Waals surface area contributed by atoms with Crippen molar-refractivity contribution in [2.75, 3.05) is 13.2 Å². The summed E-state index contributed by atoms with van der Waals surface area (Å²) in [6.45, 7) is 7.13. The van der Waals surface area contributed by atoms with Gasteiger partial charge in [0.1, 0.15) is 0 Å². The predicted octanol–water partition coefficient (Wildman–Crippen LogP) is 3.63. The first kappa shape index (κ1) is 18.4. The van der Waals surface area contributed by atoms with Crippen LogP contribution in [0.5, 0.6) is 0 Å². The molecule has 3 rings (SSSR count). The van der Waals surface area contributed by atoms with Gasteiger partial charge in [-0.25, -0.2) is 4.79 Å². The fourth-order valence-corrected chi connectivity index (χ4v) is 3.42. The summed E-state index contributed by atoms with van der Waals surface area (Å²) in [6.07, 6.45) is 2.35. The molecule has 26 heavy (non-hydrogen) atoms. The van der Waals surface area contributed by atoms with Gasteiger partial charge in [-0.05, 0) is 51.8 Å². The van der Waals surface area contributed by atoms with Gasteiger partial charge in [0, 0.05) is 30.1 Å². The maximum absolute atomic E-state index is 12.5. The average Bonchev–Trinajstić information content (AvgIpc) is 3.23. The molecule has 0 spiro atoms. The summed E-state index contributed by atoms with van der Waals surface area (Å²) in [4.78, 5) is 24.7. The van der Waals surface area contributed by atoms with Gasteiger partial charge in [0.2, 0.25) is 5.78 Å². The van der Waals surface area contributed by atoms with Gasteiger partial charge in [0.25, 0.3) is 0 Å². The van der Waals surface area contributed by atoms with E-state index in [9.17, 15) is 9.59 Å². The molecule has 1 atom stereocenters. The molecule has 1 aromatic heterocycles. The number of benzene rings is 1. The molecule has 0 unspecified atom stereocenters. The van der Waals surface area contributed by atoms with Gasteiger partial charge < -0.3 is 14.0 Å². The van der Waals surface area contributed by atoms with Crippen molar-refractivity contribution >= 4 is 11.8 Å². The Bertz CT molecular complexity index is 815. The minimum Gasteiger partial charge on any atom is -0.454 e. The lowest BCUT2D eigenvalue weighted by molar-refractivity contribution is 0.0474. The van der Waals surface area contributed by atoms with E-state index in [0.29, 0.717) is 11.1 Å². The number of nitrogens with zero attached hydrogens (tertiary/aromatic N) is 1. The van der Waals surface area contributed by atoms with Crippen LogP contribution in [0.25, 0.3) is 0 Å². The van der Waals surface area contributed by atoms with Crippen LogP contribution < -0.4 is 0 Å². The highest BCUT2D eigenvalue weighted by molar-refractivity contribution is 6.00. The zero-order chi connectivity index (χ0) is 18.7. The van der Waals surface area contributed by atoms with E-state index in [0.717, 1.165) is 42.9 Å². The SMILES string of the molecule is Cc1cccc(C(=O)OCC(=O)c2cc(C)n(C[C@H]3CCCO3)c2C)c1. The number of hydrogen-bond donors (Lipinski definition) is 0. The Morgan fingerprint density at radius 2 is 2.04 bits per heavy atom. The van der Waals surface area contributed by atoms with Gasteiger partial charge in [-0.3, -0.25) is 4.79 Å². The van der Waals surface area contributed by atoms with Crippen LogP contribution in [0.2, 0.25) is 0 Å². The lowest BCUT2D eigenvalue weighted by Crippen LogP contribution is -2.18. The highest BCUT2D eigenvalue weighted by Crippen LogP contribution is 2.21.